The Balaban J connectivity index is 2.36. The SMILES string of the molecule is COC1CCC([Si](C)(C)C)CC1. The molecule has 0 unspecified atom stereocenters. The largest absolute Gasteiger partial charge is 0.381 e. The average molecular weight is 186 g/mol. The van der Waals surface area contributed by atoms with Crippen LogP contribution in [0.2, 0.25) is 25.2 Å². The Morgan fingerprint density at radius 2 is 1.50 bits per heavy atom. The van der Waals surface area contributed by atoms with Gasteiger partial charge in [-0.15, -0.1) is 0 Å². The smallest absolute Gasteiger partial charge is 0.0571 e. The number of methoxy groups -OCH3 is 1. The Morgan fingerprint density at radius 3 is 1.83 bits per heavy atom. The number of hydrogen-bond donors (Lipinski definition) is 0. The molecule has 1 saturated carbocycles. The second-order valence-corrected chi connectivity index (χ2v) is 10.6. The van der Waals surface area contributed by atoms with Crippen molar-refractivity contribution < 1.29 is 4.74 Å². The van der Waals surface area contributed by atoms with Crippen LogP contribution in [0.3, 0.4) is 0 Å². The summed E-state index contributed by atoms with van der Waals surface area (Å²) in [5.74, 6) is 0. The third-order valence-electron chi connectivity index (χ3n) is 3.23. The van der Waals surface area contributed by atoms with Crippen molar-refractivity contribution in [2.24, 2.45) is 0 Å². The van der Waals surface area contributed by atoms with Gasteiger partial charge in [0.2, 0.25) is 0 Å². The lowest BCUT2D eigenvalue weighted by Crippen LogP contribution is -2.32. The number of hydrogen-bond acceptors (Lipinski definition) is 1. The van der Waals surface area contributed by atoms with Gasteiger partial charge < -0.3 is 4.74 Å². The summed E-state index contributed by atoms with van der Waals surface area (Å²) in [5.41, 5.74) is 1.05. The summed E-state index contributed by atoms with van der Waals surface area (Å²) < 4.78 is 5.37. The lowest BCUT2D eigenvalue weighted by Gasteiger charge is -2.35. The van der Waals surface area contributed by atoms with Gasteiger partial charge in [0, 0.05) is 15.2 Å². The summed E-state index contributed by atoms with van der Waals surface area (Å²) in [6.07, 6.45) is 5.98. The fourth-order valence-electron chi connectivity index (χ4n) is 2.16. The predicted octanol–water partition coefficient (Wildman–Crippen LogP) is 3.28. The van der Waals surface area contributed by atoms with E-state index >= 15 is 0 Å². The third kappa shape index (κ3) is 2.59. The van der Waals surface area contributed by atoms with Gasteiger partial charge in [-0.3, -0.25) is 0 Å². The van der Waals surface area contributed by atoms with Gasteiger partial charge in [-0.05, 0) is 18.4 Å². The highest BCUT2D eigenvalue weighted by molar-refractivity contribution is 6.77. The van der Waals surface area contributed by atoms with E-state index in [0.29, 0.717) is 6.10 Å². The molecule has 0 aromatic heterocycles. The normalized spacial score (nSPS) is 32.0. The van der Waals surface area contributed by atoms with Crippen LogP contribution >= 0.6 is 0 Å². The Labute approximate surface area is 77.5 Å². The van der Waals surface area contributed by atoms with Gasteiger partial charge in [0.25, 0.3) is 0 Å². The van der Waals surface area contributed by atoms with E-state index in [1.807, 2.05) is 7.11 Å². The van der Waals surface area contributed by atoms with Gasteiger partial charge in [0.15, 0.2) is 0 Å². The molecule has 0 aromatic rings. The van der Waals surface area contributed by atoms with Gasteiger partial charge in [-0.2, -0.15) is 0 Å². The molecule has 12 heavy (non-hydrogen) atoms. The minimum absolute atomic E-state index is 0.567. The third-order valence-corrected chi connectivity index (χ3v) is 6.26. The maximum Gasteiger partial charge on any atom is 0.0571 e. The molecular weight excluding hydrogens is 164 g/mol. The monoisotopic (exact) mass is 186 g/mol. The molecule has 0 heterocycles. The molecule has 0 amide bonds. The molecule has 0 spiro atoms. The van der Waals surface area contributed by atoms with Crippen molar-refractivity contribution in [1.82, 2.24) is 0 Å². The topological polar surface area (TPSA) is 9.23 Å². The van der Waals surface area contributed by atoms with Crippen LogP contribution in [0.1, 0.15) is 25.7 Å². The quantitative estimate of drug-likeness (QED) is 0.601. The minimum atomic E-state index is -0.854. The molecule has 0 N–H and O–H groups in total. The summed E-state index contributed by atoms with van der Waals surface area (Å²) in [6, 6.07) is 0. The predicted molar refractivity (Wildman–Crippen MR) is 56.4 cm³/mol. The van der Waals surface area contributed by atoms with Crippen molar-refractivity contribution in [2.75, 3.05) is 7.11 Å². The van der Waals surface area contributed by atoms with Crippen molar-refractivity contribution in [3.05, 3.63) is 0 Å². The number of ether oxygens (including phenoxy) is 1. The standard InChI is InChI=1S/C10H22OSi/c1-11-9-5-7-10(8-6-9)12(2,3)4/h9-10H,5-8H2,1-4H3. The second kappa shape index (κ2) is 3.92. The van der Waals surface area contributed by atoms with Crippen LogP contribution in [0, 0.1) is 0 Å². The van der Waals surface area contributed by atoms with Crippen molar-refractivity contribution in [2.45, 2.75) is 57.0 Å². The van der Waals surface area contributed by atoms with Crippen LogP contribution in [-0.4, -0.2) is 21.3 Å². The molecule has 0 bridgehead atoms. The molecule has 1 nitrogen and oxygen atoms in total. The maximum atomic E-state index is 5.37. The van der Waals surface area contributed by atoms with Crippen molar-refractivity contribution in [3.63, 3.8) is 0 Å². The zero-order valence-electron chi connectivity index (χ0n) is 8.89. The van der Waals surface area contributed by atoms with E-state index in [1.54, 1.807) is 0 Å². The first-order chi connectivity index (χ1) is 5.54. The van der Waals surface area contributed by atoms with E-state index in [-0.39, 0.29) is 0 Å². The van der Waals surface area contributed by atoms with Crippen LogP contribution in [0.5, 0.6) is 0 Å². The Hall–Kier alpha value is 0.177. The van der Waals surface area contributed by atoms with Gasteiger partial charge in [-0.1, -0.05) is 32.5 Å². The van der Waals surface area contributed by atoms with Gasteiger partial charge >= 0.3 is 0 Å². The molecular formula is C10H22OSi. The van der Waals surface area contributed by atoms with E-state index < -0.39 is 8.07 Å². The first-order valence-corrected chi connectivity index (χ1v) is 8.64. The van der Waals surface area contributed by atoms with E-state index in [1.165, 1.54) is 25.7 Å². The zero-order valence-corrected chi connectivity index (χ0v) is 9.89. The van der Waals surface area contributed by atoms with E-state index in [9.17, 15) is 0 Å². The van der Waals surface area contributed by atoms with Crippen molar-refractivity contribution >= 4 is 8.07 Å². The zero-order chi connectivity index (χ0) is 9.19. The van der Waals surface area contributed by atoms with Crippen LogP contribution in [-0.2, 0) is 4.74 Å². The fraction of sp³-hybridized carbons (Fsp3) is 1.00. The van der Waals surface area contributed by atoms with Gasteiger partial charge in [0.05, 0.1) is 6.10 Å². The molecule has 2 heteroatoms. The van der Waals surface area contributed by atoms with Crippen molar-refractivity contribution in [3.8, 4) is 0 Å². The molecule has 0 saturated heterocycles. The molecule has 0 atom stereocenters. The molecule has 1 aliphatic carbocycles. The summed E-state index contributed by atoms with van der Waals surface area (Å²) in [4.78, 5) is 0. The van der Waals surface area contributed by atoms with E-state index in [0.717, 1.165) is 5.54 Å². The first-order valence-electron chi connectivity index (χ1n) is 5.07. The van der Waals surface area contributed by atoms with Crippen LogP contribution in [0.4, 0.5) is 0 Å². The first kappa shape index (κ1) is 10.3. The lowest BCUT2D eigenvalue weighted by molar-refractivity contribution is 0.0705. The molecule has 0 aliphatic heterocycles. The van der Waals surface area contributed by atoms with E-state index in [4.69, 9.17) is 4.74 Å². The summed E-state index contributed by atoms with van der Waals surface area (Å²) in [5, 5.41) is 0. The second-order valence-electron chi connectivity index (χ2n) is 5.08. The highest BCUT2D eigenvalue weighted by atomic mass is 28.3. The van der Waals surface area contributed by atoms with Crippen LogP contribution < -0.4 is 0 Å². The fourth-order valence-corrected chi connectivity index (χ4v) is 4.23. The molecule has 1 fully saturated rings. The lowest BCUT2D eigenvalue weighted by atomic mass is 9.97. The molecule has 0 aromatic carbocycles. The highest BCUT2D eigenvalue weighted by Crippen LogP contribution is 2.37. The van der Waals surface area contributed by atoms with Crippen LogP contribution in [0.25, 0.3) is 0 Å². The summed E-state index contributed by atoms with van der Waals surface area (Å²) in [7, 11) is 0.992. The average Bonchev–Trinajstić information content (AvgIpc) is 2.03. The summed E-state index contributed by atoms with van der Waals surface area (Å²) >= 11 is 0. The highest BCUT2D eigenvalue weighted by Gasteiger charge is 2.30. The molecule has 1 rings (SSSR count). The number of rotatable bonds is 2. The Kier molecular flexibility index (Phi) is 3.35. The molecule has 0 radical (unpaired) electrons. The minimum Gasteiger partial charge on any atom is -0.381 e. The Morgan fingerprint density at radius 1 is 1.00 bits per heavy atom. The van der Waals surface area contributed by atoms with Crippen LogP contribution in [0.15, 0.2) is 0 Å². The van der Waals surface area contributed by atoms with Gasteiger partial charge in [0.1, 0.15) is 0 Å². The van der Waals surface area contributed by atoms with Gasteiger partial charge in [-0.25, -0.2) is 0 Å². The van der Waals surface area contributed by atoms with E-state index in [2.05, 4.69) is 19.6 Å². The Bertz CT molecular complexity index is 131. The maximum absolute atomic E-state index is 5.37. The molecule has 1 aliphatic rings. The molecule has 72 valence electrons. The van der Waals surface area contributed by atoms with Crippen molar-refractivity contribution in [1.29, 1.82) is 0 Å². The summed E-state index contributed by atoms with van der Waals surface area (Å²) in [6.45, 7) is 7.47.